The van der Waals surface area contributed by atoms with Gasteiger partial charge in [0.15, 0.2) is 0 Å². The molecule has 0 fully saturated rings. The van der Waals surface area contributed by atoms with E-state index in [1.54, 1.807) is 0 Å². The summed E-state index contributed by atoms with van der Waals surface area (Å²) < 4.78 is 0. The number of nitrogens with zero attached hydrogens (tertiary/aromatic N) is 1. The molecule has 0 saturated heterocycles. The van der Waals surface area contributed by atoms with Crippen LogP contribution in [-0.2, 0) is 32.7 Å². The molecule has 0 amide bonds. The molecule has 2 nitrogen and oxygen atoms in total. The van der Waals surface area contributed by atoms with Crippen LogP contribution in [0, 0.1) is 0 Å². The van der Waals surface area contributed by atoms with E-state index in [9.17, 15) is 0 Å². The second-order valence-electron chi connectivity index (χ2n) is 3.86. The molecule has 0 unspecified atom stereocenters. The normalized spacial score (nSPS) is 11.5. The van der Waals surface area contributed by atoms with Crippen LogP contribution >= 0.6 is 0 Å². The number of hydrogen-bond acceptors (Lipinski definition) is 0. The van der Waals surface area contributed by atoms with Gasteiger partial charge in [0.05, 0.1) is 0 Å². The Morgan fingerprint density at radius 1 is 1.25 bits per heavy atom. The monoisotopic (exact) mass is 343 g/mol. The predicted octanol–water partition coefficient (Wildman–Crippen LogP) is 5.64. The fourth-order valence-electron chi connectivity index (χ4n) is 1.51. The van der Waals surface area contributed by atoms with Crippen molar-refractivity contribution >= 4 is 12.4 Å². The van der Waals surface area contributed by atoms with E-state index in [2.05, 4.69) is 31.9 Å². The Morgan fingerprint density at radius 3 is 2.35 bits per heavy atom. The van der Waals surface area contributed by atoms with E-state index < -0.39 is 0 Å². The van der Waals surface area contributed by atoms with Crippen molar-refractivity contribution in [1.29, 1.82) is 0 Å². The Kier molecular flexibility index (Phi) is 15.4. The van der Waals surface area contributed by atoms with Crippen molar-refractivity contribution in [2.45, 2.75) is 26.7 Å². The Balaban J connectivity index is 0. The maximum Gasteiger partial charge on any atom is 0 e. The molecule has 0 aliphatic heterocycles. The van der Waals surface area contributed by atoms with E-state index in [4.69, 9.17) is 11.1 Å². The minimum atomic E-state index is 0. The van der Waals surface area contributed by atoms with Crippen LogP contribution in [0.4, 0.5) is 0 Å². The predicted molar refractivity (Wildman–Crippen MR) is 87.0 cm³/mol. The number of rotatable bonds is 5. The van der Waals surface area contributed by atoms with Crippen LogP contribution in [0.5, 0.6) is 0 Å². The summed E-state index contributed by atoms with van der Waals surface area (Å²) in [5.74, 6) is 0. The summed E-state index contributed by atoms with van der Waals surface area (Å²) in [6, 6.07) is 9.83. The van der Waals surface area contributed by atoms with E-state index in [0.717, 1.165) is 18.4 Å². The molecule has 0 aliphatic rings. The van der Waals surface area contributed by atoms with Gasteiger partial charge in [-0.2, -0.15) is 0 Å². The molecule has 3 heteroatoms. The zero-order valence-corrected chi connectivity index (χ0v) is 15.2. The fraction of sp³-hybridized carbons (Fsp3) is 0.235. The third kappa shape index (κ3) is 9.00. The van der Waals surface area contributed by atoms with Gasteiger partial charge >= 0.3 is 0 Å². The van der Waals surface area contributed by atoms with Crippen molar-refractivity contribution in [3.8, 4) is 0 Å². The Labute approximate surface area is 148 Å². The summed E-state index contributed by atoms with van der Waals surface area (Å²) in [6.45, 7) is 6.41. The quantitative estimate of drug-likeness (QED) is 0.491. The molecule has 0 heterocycles. The number of benzene rings is 1. The van der Waals surface area contributed by atoms with E-state index in [1.807, 2.05) is 43.3 Å². The van der Waals surface area contributed by atoms with Crippen LogP contribution in [0.2, 0.25) is 0 Å². The van der Waals surface area contributed by atoms with Gasteiger partial charge < -0.3 is 11.1 Å². The van der Waals surface area contributed by atoms with Crippen molar-refractivity contribution < 1.29 is 32.7 Å². The van der Waals surface area contributed by atoms with Gasteiger partial charge in [0.2, 0.25) is 0 Å². The maximum absolute atomic E-state index is 7.97. The minimum absolute atomic E-state index is 0. The van der Waals surface area contributed by atoms with E-state index in [-0.39, 0.29) is 32.7 Å². The van der Waals surface area contributed by atoms with Crippen LogP contribution in [0.3, 0.4) is 0 Å². The average molecular weight is 343 g/mol. The molecular formula is C17H22N2Y-2. The maximum atomic E-state index is 7.97. The summed E-state index contributed by atoms with van der Waals surface area (Å²) >= 11 is 0. The molecule has 20 heavy (non-hydrogen) atoms. The zero-order valence-electron chi connectivity index (χ0n) is 12.3. The largest absolute Gasteiger partial charge is 0.817 e. The number of nitrogens with one attached hydrogen (secondary N) is 1. The molecule has 1 aromatic carbocycles. The Morgan fingerprint density at radius 2 is 1.85 bits per heavy atom. The fourth-order valence-corrected chi connectivity index (χ4v) is 1.51. The minimum Gasteiger partial charge on any atom is -0.817 e. The van der Waals surface area contributed by atoms with E-state index >= 15 is 0 Å². The standard InChI is InChI=1S/C16H20N.CH2N.Y/c1-3-5-9-14(4-2)12-13-16(17)15-10-7-6-8-11-15;1-2;/h4-11,13,17H,3,12H2,1-2H3;1H2;/q2*-1;/b9-5-,14-4+,16-13-;;. The summed E-state index contributed by atoms with van der Waals surface area (Å²) in [5.41, 5.74) is 10.8. The summed E-state index contributed by atoms with van der Waals surface area (Å²) in [6.07, 6.45) is 10.2. The average Bonchev–Trinajstić information content (AvgIpc) is 2.50. The topological polar surface area (TPSA) is 46.1 Å². The van der Waals surface area contributed by atoms with E-state index in [1.165, 1.54) is 5.57 Å². The van der Waals surface area contributed by atoms with Gasteiger partial charge in [-0.05, 0) is 30.9 Å². The molecular weight excluding hydrogens is 321 g/mol. The van der Waals surface area contributed by atoms with Crippen LogP contribution in [0.1, 0.15) is 32.3 Å². The van der Waals surface area contributed by atoms with Gasteiger partial charge in [-0.25, -0.2) is 6.72 Å². The first-order valence-electron chi connectivity index (χ1n) is 6.38. The molecule has 1 aromatic rings. The SMILES string of the molecule is C/C=C(\C=C/CC)C/C=C(\[NH-])c1ccccc1.C=[N-].[Y]. The second-order valence-corrected chi connectivity index (χ2v) is 3.86. The first kappa shape index (κ1) is 21.3. The van der Waals surface area contributed by atoms with Crippen molar-refractivity contribution in [2.75, 3.05) is 0 Å². The van der Waals surface area contributed by atoms with Gasteiger partial charge in [-0.1, -0.05) is 61.6 Å². The third-order valence-electron chi connectivity index (χ3n) is 2.57. The van der Waals surface area contributed by atoms with Crippen LogP contribution in [-0.4, -0.2) is 6.72 Å². The zero-order chi connectivity index (χ0) is 14.5. The summed E-state index contributed by atoms with van der Waals surface area (Å²) in [7, 11) is 0. The molecule has 1 N–H and O–H groups in total. The van der Waals surface area contributed by atoms with Crippen molar-refractivity contribution in [1.82, 2.24) is 0 Å². The van der Waals surface area contributed by atoms with Gasteiger partial charge in [-0.15, -0.1) is 5.70 Å². The molecule has 0 atom stereocenters. The Bertz CT molecular complexity index is 434. The van der Waals surface area contributed by atoms with Crippen LogP contribution < -0.4 is 0 Å². The number of hydrogen-bond donors (Lipinski definition) is 0. The van der Waals surface area contributed by atoms with Gasteiger partial charge in [-0.3, -0.25) is 0 Å². The Hall–Kier alpha value is -0.986. The molecule has 0 aromatic heterocycles. The molecule has 0 saturated carbocycles. The molecule has 0 spiro atoms. The van der Waals surface area contributed by atoms with Crippen molar-refractivity contribution in [2.24, 2.45) is 0 Å². The van der Waals surface area contributed by atoms with E-state index in [0.29, 0.717) is 5.70 Å². The summed E-state index contributed by atoms with van der Waals surface area (Å²) in [5, 5.41) is 6.75. The van der Waals surface area contributed by atoms with Crippen molar-refractivity contribution in [3.05, 3.63) is 76.9 Å². The first-order valence-corrected chi connectivity index (χ1v) is 6.38. The second kappa shape index (κ2) is 14.4. The molecule has 0 bridgehead atoms. The van der Waals surface area contributed by atoms with Crippen LogP contribution in [0.25, 0.3) is 16.8 Å². The van der Waals surface area contributed by atoms with Gasteiger partial charge in [0.1, 0.15) is 0 Å². The third-order valence-corrected chi connectivity index (χ3v) is 2.57. The van der Waals surface area contributed by atoms with Crippen molar-refractivity contribution in [3.63, 3.8) is 0 Å². The van der Waals surface area contributed by atoms with Crippen LogP contribution in [0.15, 0.2) is 60.2 Å². The van der Waals surface area contributed by atoms with Gasteiger partial charge in [0.25, 0.3) is 0 Å². The smallest absolute Gasteiger partial charge is 0 e. The molecule has 0 aliphatic carbocycles. The molecule has 1 radical (unpaired) electrons. The first-order chi connectivity index (χ1) is 9.27. The summed E-state index contributed by atoms with van der Waals surface area (Å²) in [4.78, 5) is 0. The molecule has 105 valence electrons. The van der Waals surface area contributed by atoms with Gasteiger partial charge in [0, 0.05) is 32.7 Å². The number of allylic oxidation sites excluding steroid dienone is 5. The molecule has 1 rings (SSSR count).